The van der Waals surface area contributed by atoms with Gasteiger partial charge in [-0.05, 0) is 48.5 Å². The van der Waals surface area contributed by atoms with Crippen molar-refractivity contribution in [3.63, 3.8) is 0 Å². The fourth-order valence-electron chi connectivity index (χ4n) is 4.47. The van der Waals surface area contributed by atoms with Gasteiger partial charge < -0.3 is 9.64 Å². The Morgan fingerprint density at radius 3 is 1.97 bits per heavy atom. The Balaban J connectivity index is 1.38. The first-order valence-corrected chi connectivity index (χ1v) is 13.7. The van der Waals surface area contributed by atoms with Gasteiger partial charge in [-0.1, -0.05) is 48.5 Å². The predicted molar refractivity (Wildman–Crippen MR) is 156 cm³/mol. The van der Waals surface area contributed by atoms with Crippen molar-refractivity contribution in [2.24, 2.45) is 9.98 Å². The van der Waals surface area contributed by atoms with Crippen LogP contribution in [0, 0.1) is 11.3 Å². The standard InChI is InChI=1S/C31H20N4O2S2/c32-18-23(37-20-36)17-24-11-14-27(38-24)25-12-13-26(31-30(25)33-19-34-31)28-15-16-29(39-28)35(21-7-3-1-4-8-21)22-9-5-2-6-10-22/h1-17,20H,19H2/b23-17-. The van der Waals surface area contributed by atoms with Crippen LogP contribution in [-0.2, 0) is 9.53 Å². The molecule has 0 radical (unpaired) electrons. The molecule has 188 valence electrons. The molecule has 8 heteroatoms. The third-order valence-electron chi connectivity index (χ3n) is 6.17. The molecule has 0 saturated carbocycles. The highest BCUT2D eigenvalue weighted by Crippen LogP contribution is 2.41. The summed E-state index contributed by atoms with van der Waals surface area (Å²) in [5.74, 6) is -0.0489. The molecule has 6 rings (SSSR count). The van der Waals surface area contributed by atoms with Crippen LogP contribution in [0.3, 0.4) is 0 Å². The van der Waals surface area contributed by atoms with E-state index in [1.165, 1.54) is 11.3 Å². The first-order valence-electron chi connectivity index (χ1n) is 12.1. The van der Waals surface area contributed by atoms with E-state index in [0.717, 1.165) is 52.8 Å². The molecule has 0 fully saturated rings. The van der Waals surface area contributed by atoms with Crippen molar-refractivity contribution in [2.75, 3.05) is 11.6 Å². The molecule has 3 heterocycles. The summed E-state index contributed by atoms with van der Waals surface area (Å²) in [6, 6.07) is 34.9. The average Bonchev–Trinajstić information content (AvgIpc) is 3.75. The molecular weight excluding hydrogens is 525 g/mol. The second-order valence-corrected chi connectivity index (χ2v) is 10.7. The average molecular weight is 545 g/mol. The maximum Gasteiger partial charge on any atom is 0.299 e. The molecule has 0 aliphatic carbocycles. The predicted octanol–water partition coefficient (Wildman–Crippen LogP) is 6.86. The van der Waals surface area contributed by atoms with E-state index in [4.69, 9.17) is 20.0 Å². The molecule has 1 aliphatic rings. The summed E-state index contributed by atoms with van der Waals surface area (Å²) in [5.41, 5.74) is 4.23. The molecule has 0 atom stereocenters. The summed E-state index contributed by atoms with van der Waals surface area (Å²) >= 11 is 3.21. The van der Waals surface area contributed by atoms with E-state index in [1.54, 1.807) is 17.4 Å². The van der Waals surface area contributed by atoms with Crippen molar-refractivity contribution in [1.82, 2.24) is 0 Å². The second kappa shape index (κ2) is 10.9. The van der Waals surface area contributed by atoms with Crippen molar-refractivity contribution < 1.29 is 9.53 Å². The summed E-state index contributed by atoms with van der Waals surface area (Å²) in [4.78, 5) is 25.2. The Kier molecular flexibility index (Phi) is 6.83. The number of carbonyl (C=O) groups excluding carboxylic acids is 1. The zero-order valence-electron chi connectivity index (χ0n) is 20.5. The number of nitrogens with zero attached hydrogens (tertiary/aromatic N) is 4. The molecule has 1 aliphatic heterocycles. The van der Waals surface area contributed by atoms with Gasteiger partial charge in [0.05, 0.1) is 10.7 Å². The van der Waals surface area contributed by atoms with Crippen LogP contribution in [-0.4, -0.2) is 13.1 Å². The lowest BCUT2D eigenvalue weighted by atomic mass is 10.1. The lowest BCUT2D eigenvalue weighted by Gasteiger charge is -2.23. The highest BCUT2D eigenvalue weighted by molar-refractivity contribution is 7.19. The molecule has 0 N–H and O–H groups in total. The molecule has 0 unspecified atom stereocenters. The minimum Gasteiger partial charge on any atom is -0.417 e. The Labute approximate surface area is 232 Å². The number of allylic oxidation sites excluding steroid dienone is 1. The van der Waals surface area contributed by atoms with E-state index in [-0.39, 0.29) is 12.2 Å². The highest BCUT2D eigenvalue weighted by Gasteiger charge is 2.18. The normalized spacial score (nSPS) is 12.1. The maximum atomic E-state index is 10.6. The van der Waals surface area contributed by atoms with Gasteiger partial charge in [0.25, 0.3) is 6.47 Å². The van der Waals surface area contributed by atoms with E-state index >= 15 is 0 Å². The number of benzene rings is 3. The maximum absolute atomic E-state index is 10.6. The van der Waals surface area contributed by atoms with Crippen LogP contribution in [0.4, 0.5) is 16.4 Å². The van der Waals surface area contributed by atoms with Gasteiger partial charge in [-0.3, -0.25) is 14.8 Å². The third kappa shape index (κ3) is 4.89. The number of ether oxygens (including phenoxy) is 1. The number of fused-ring (bicyclic) bond motifs is 1. The molecule has 3 aromatic carbocycles. The van der Waals surface area contributed by atoms with Crippen LogP contribution in [0.1, 0.15) is 4.88 Å². The number of rotatable bonds is 8. The monoisotopic (exact) mass is 544 g/mol. The van der Waals surface area contributed by atoms with Crippen molar-refractivity contribution >= 4 is 51.6 Å². The Morgan fingerprint density at radius 1 is 0.795 bits per heavy atom. The number of carbonyl (C=O) groups is 1. The van der Waals surface area contributed by atoms with Gasteiger partial charge in [-0.25, -0.2) is 0 Å². The molecule has 0 bridgehead atoms. The fraction of sp³-hybridized carbons (Fsp3) is 0.0323. The Hall–Kier alpha value is -4.84. The number of hydrogen-bond acceptors (Lipinski definition) is 8. The minimum absolute atomic E-state index is 0.0489. The van der Waals surface area contributed by atoms with Crippen molar-refractivity contribution in [1.29, 1.82) is 5.26 Å². The van der Waals surface area contributed by atoms with Gasteiger partial charge in [0.15, 0.2) is 0 Å². The Morgan fingerprint density at radius 2 is 1.38 bits per heavy atom. The molecule has 2 aromatic heterocycles. The summed E-state index contributed by atoms with van der Waals surface area (Å²) < 4.78 is 4.71. The van der Waals surface area contributed by atoms with E-state index in [9.17, 15) is 4.79 Å². The number of thiophene rings is 2. The largest absolute Gasteiger partial charge is 0.417 e. The van der Waals surface area contributed by atoms with Crippen LogP contribution >= 0.6 is 22.7 Å². The molecule has 0 amide bonds. The van der Waals surface area contributed by atoms with Crippen LogP contribution in [0.25, 0.3) is 27.0 Å². The SMILES string of the molecule is N#C/C(=C/c1ccc(-c2ccc(-c3ccc(N(c4ccccc4)c4ccccc4)s3)c3c2=NCN=3)s1)OC=O. The number of hydrogen-bond donors (Lipinski definition) is 0. The lowest BCUT2D eigenvalue weighted by Crippen LogP contribution is -2.25. The fourth-order valence-corrected chi connectivity index (χ4v) is 6.51. The highest BCUT2D eigenvalue weighted by atomic mass is 32.1. The van der Waals surface area contributed by atoms with Crippen molar-refractivity contribution in [3.05, 3.63) is 118 Å². The number of anilines is 3. The first kappa shape index (κ1) is 24.5. The van der Waals surface area contributed by atoms with Crippen LogP contribution in [0.2, 0.25) is 0 Å². The number of nitriles is 1. The lowest BCUT2D eigenvalue weighted by molar-refractivity contribution is -0.124. The van der Waals surface area contributed by atoms with Gasteiger partial charge in [0.1, 0.15) is 17.7 Å². The van der Waals surface area contributed by atoms with Crippen LogP contribution < -0.4 is 15.6 Å². The van der Waals surface area contributed by atoms with Gasteiger partial charge in [-0.15, -0.1) is 22.7 Å². The zero-order valence-corrected chi connectivity index (χ0v) is 22.2. The van der Waals surface area contributed by atoms with Gasteiger partial charge in [0, 0.05) is 43.2 Å². The Bertz CT molecular complexity index is 1810. The molecule has 0 spiro atoms. The van der Waals surface area contributed by atoms with Gasteiger partial charge in [0.2, 0.25) is 5.76 Å². The van der Waals surface area contributed by atoms with Crippen molar-refractivity contribution in [2.45, 2.75) is 0 Å². The summed E-state index contributed by atoms with van der Waals surface area (Å²) in [6.07, 6.45) is 1.55. The third-order valence-corrected chi connectivity index (χ3v) is 8.34. The quantitative estimate of drug-likeness (QED) is 0.121. The molecule has 39 heavy (non-hydrogen) atoms. The topological polar surface area (TPSA) is 78.1 Å². The van der Waals surface area contributed by atoms with E-state index in [0.29, 0.717) is 6.67 Å². The second-order valence-electron chi connectivity index (χ2n) is 8.50. The van der Waals surface area contributed by atoms with Crippen LogP contribution in [0.5, 0.6) is 0 Å². The van der Waals surface area contributed by atoms with Crippen molar-refractivity contribution in [3.8, 4) is 27.0 Å². The van der Waals surface area contributed by atoms with Crippen LogP contribution in [0.15, 0.2) is 113 Å². The molecule has 0 saturated heterocycles. The minimum atomic E-state index is -0.0489. The van der Waals surface area contributed by atoms with E-state index in [2.05, 4.69) is 53.4 Å². The number of para-hydroxylation sites is 2. The smallest absolute Gasteiger partial charge is 0.299 e. The first-order chi connectivity index (χ1) is 19.2. The zero-order chi connectivity index (χ0) is 26.6. The van der Waals surface area contributed by atoms with E-state index < -0.39 is 0 Å². The summed E-state index contributed by atoms with van der Waals surface area (Å²) in [7, 11) is 0. The molecular formula is C31H20N4O2S2. The van der Waals surface area contributed by atoms with E-state index in [1.807, 2.05) is 54.6 Å². The summed E-state index contributed by atoms with van der Waals surface area (Å²) in [6.45, 7) is 0.645. The molecule has 5 aromatic rings. The van der Waals surface area contributed by atoms with Gasteiger partial charge >= 0.3 is 0 Å². The van der Waals surface area contributed by atoms with Gasteiger partial charge in [-0.2, -0.15) is 5.26 Å². The molecule has 6 nitrogen and oxygen atoms in total. The summed E-state index contributed by atoms with van der Waals surface area (Å²) in [5, 5.41) is 12.0.